The van der Waals surface area contributed by atoms with Crippen molar-refractivity contribution in [2.75, 3.05) is 38.7 Å². The summed E-state index contributed by atoms with van der Waals surface area (Å²) >= 11 is 3.47. The third-order valence-corrected chi connectivity index (χ3v) is 7.26. The summed E-state index contributed by atoms with van der Waals surface area (Å²) in [5.41, 5.74) is 3.01. The molecule has 1 heterocycles. The van der Waals surface area contributed by atoms with Crippen molar-refractivity contribution in [3.05, 3.63) is 70.2 Å². The number of rotatable bonds is 8. The molecule has 2 atom stereocenters. The van der Waals surface area contributed by atoms with Crippen LogP contribution in [-0.2, 0) is 9.59 Å². The number of carbonyl (C=O) groups is 2. The summed E-state index contributed by atoms with van der Waals surface area (Å²) in [5, 5.41) is 3.09. The fraction of sp³-hybridized carbons (Fsp3) is 0.310. The average Bonchev–Trinajstić information content (AvgIpc) is 2.93. The van der Waals surface area contributed by atoms with Crippen LogP contribution < -0.4 is 29.2 Å². The first kappa shape index (κ1) is 27.3. The number of nitrogens with zero attached hydrogens (tertiary/aromatic N) is 1. The van der Waals surface area contributed by atoms with E-state index in [1.165, 1.54) is 21.3 Å². The molecule has 3 aromatic rings. The van der Waals surface area contributed by atoms with E-state index < -0.39 is 12.0 Å². The normalized spacial score (nSPS) is 17.1. The Labute approximate surface area is 231 Å². The number of amides is 2. The first-order chi connectivity index (χ1) is 18.3. The summed E-state index contributed by atoms with van der Waals surface area (Å²) in [7, 11) is 6.17. The van der Waals surface area contributed by atoms with Gasteiger partial charge in [0.25, 0.3) is 0 Å². The number of benzene rings is 3. The predicted molar refractivity (Wildman–Crippen MR) is 150 cm³/mol. The molecular formula is C29H31BrN2O6. The molecule has 1 fully saturated rings. The van der Waals surface area contributed by atoms with Gasteiger partial charge in [-0.05, 0) is 54.8 Å². The van der Waals surface area contributed by atoms with Crippen molar-refractivity contribution >= 4 is 39.1 Å². The van der Waals surface area contributed by atoms with Crippen LogP contribution in [0.2, 0.25) is 0 Å². The van der Waals surface area contributed by atoms with Gasteiger partial charge in [-0.1, -0.05) is 28.1 Å². The number of carbonyl (C=O) groups excluding carboxylic acids is 2. The van der Waals surface area contributed by atoms with Crippen LogP contribution in [0.25, 0.3) is 0 Å². The van der Waals surface area contributed by atoms with Crippen LogP contribution in [0.4, 0.5) is 11.4 Å². The van der Waals surface area contributed by atoms with E-state index in [1.807, 2.05) is 49.4 Å². The molecule has 0 bridgehead atoms. The molecule has 0 aliphatic carbocycles. The van der Waals surface area contributed by atoms with Crippen LogP contribution >= 0.6 is 15.9 Å². The van der Waals surface area contributed by atoms with Crippen LogP contribution in [0.5, 0.6) is 23.0 Å². The fourth-order valence-corrected chi connectivity index (χ4v) is 5.33. The summed E-state index contributed by atoms with van der Waals surface area (Å²) in [6.45, 7) is 1.94. The largest absolute Gasteiger partial charge is 0.497 e. The minimum absolute atomic E-state index is 0.107. The van der Waals surface area contributed by atoms with E-state index >= 15 is 0 Å². The number of aryl methyl sites for hydroxylation is 1. The standard InChI is InChI=1S/C29H31BrN2O6/c1-17-14-19(30)8-12-23(17)31-29(34)22-11-13-26(33)32(27(22)18-6-9-21(35-2)10-7-18)20-15-24(36-3)28(38-5)25(16-20)37-4/h6-10,12,14-16,22,27H,11,13H2,1-5H3,(H,31,34)/t22-,27-/m1/s1. The second-order valence-electron chi connectivity index (χ2n) is 8.96. The lowest BCUT2D eigenvalue weighted by Gasteiger charge is -2.41. The molecule has 9 heteroatoms. The van der Waals surface area contributed by atoms with Crippen molar-refractivity contribution in [2.24, 2.45) is 5.92 Å². The van der Waals surface area contributed by atoms with Gasteiger partial charge < -0.3 is 29.2 Å². The molecule has 200 valence electrons. The zero-order valence-corrected chi connectivity index (χ0v) is 23.6. The summed E-state index contributed by atoms with van der Waals surface area (Å²) in [4.78, 5) is 29.0. The van der Waals surface area contributed by atoms with Gasteiger partial charge in [0.1, 0.15) is 5.75 Å². The summed E-state index contributed by atoms with van der Waals surface area (Å²) < 4.78 is 22.8. The first-order valence-electron chi connectivity index (χ1n) is 12.1. The zero-order chi connectivity index (χ0) is 27.4. The molecular weight excluding hydrogens is 552 g/mol. The Kier molecular flexibility index (Phi) is 8.46. The maximum absolute atomic E-state index is 13.8. The van der Waals surface area contributed by atoms with E-state index in [0.717, 1.165) is 21.3 Å². The molecule has 3 aromatic carbocycles. The summed E-state index contributed by atoms with van der Waals surface area (Å²) in [6, 6.07) is 16.0. The van der Waals surface area contributed by atoms with Gasteiger partial charge in [0.15, 0.2) is 11.5 Å². The van der Waals surface area contributed by atoms with Gasteiger partial charge in [0, 0.05) is 28.7 Å². The van der Waals surface area contributed by atoms with Crippen molar-refractivity contribution < 1.29 is 28.5 Å². The zero-order valence-electron chi connectivity index (χ0n) is 22.0. The molecule has 0 saturated carbocycles. The van der Waals surface area contributed by atoms with E-state index in [9.17, 15) is 9.59 Å². The molecule has 0 unspecified atom stereocenters. The Morgan fingerprint density at radius 1 is 0.921 bits per heavy atom. The second-order valence-corrected chi connectivity index (χ2v) is 9.87. The maximum atomic E-state index is 13.8. The van der Waals surface area contributed by atoms with Crippen LogP contribution in [-0.4, -0.2) is 40.3 Å². The average molecular weight is 583 g/mol. The molecule has 1 aliphatic rings. The summed E-state index contributed by atoms with van der Waals surface area (Å²) in [5.74, 6) is 1.14. The highest BCUT2D eigenvalue weighted by Crippen LogP contribution is 2.46. The maximum Gasteiger partial charge on any atom is 0.229 e. The number of halogens is 1. The number of ether oxygens (including phenoxy) is 4. The Morgan fingerprint density at radius 3 is 2.13 bits per heavy atom. The van der Waals surface area contributed by atoms with E-state index in [1.54, 1.807) is 24.1 Å². The van der Waals surface area contributed by atoms with Crippen LogP contribution in [0, 0.1) is 12.8 Å². The number of hydrogen-bond donors (Lipinski definition) is 1. The number of nitrogens with one attached hydrogen (secondary N) is 1. The highest BCUT2D eigenvalue weighted by atomic mass is 79.9. The van der Waals surface area contributed by atoms with E-state index in [4.69, 9.17) is 18.9 Å². The molecule has 0 radical (unpaired) electrons. The molecule has 38 heavy (non-hydrogen) atoms. The van der Waals surface area contributed by atoms with Crippen molar-refractivity contribution in [2.45, 2.75) is 25.8 Å². The Balaban J connectivity index is 1.82. The summed E-state index contributed by atoms with van der Waals surface area (Å²) in [6.07, 6.45) is 0.610. The van der Waals surface area contributed by atoms with Crippen LogP contribution in [0.15, 0.2) is 59.1 Å². The van der Waals surface area contributed by atoms with Crippen molar-refractivity contribution in [1.82, 2.24) is 0 Å². The van der Waals surface area contributed by atoms with E-state index in [-0.39, 0.29) is 18.2 Å². The molecule has 8 nitrogen and oxygen atoms in total. The van der Waals surface area contributed by atoms with Crippen molar-refractivity contribution in [1.29, 1.82) is 0 Å². The molecule has 4 rings (SSSR count). The topological polar surface area (TPSA) is 86.3 Å². The quantitative estimate of drug-likeness (QED) is 0.355. The van der Waals surface area contributed by atoms with Gasteiger partial charge in [-0.15, -0.1) is 0 Å². The molecule has 1 saturated heterocycles. The number of hydrogen-bond acceptors (Lipinski definition) is 6. The van der Waals surface area contributed by atoms with Gasteiger partial charge in [0.2, 0.25) is 17.6 Å². The number of anilines is 2. The molecule has 1 N–H and O–H groups in total. The van der Waals surface area contributed by atoms with Crippen molar-refractivity contribution in [3.8, 4) is 23.0 Å². The van der Waals surface area contributed by atoms with Crippen molar-refractivity contribution in [3.63, 3.8) is 0 Å². The van der Waals surface area contributed by atoms with Gasteiger partial charge >= 0.3 is 0 Å². The monoisotopic (exact) mass is 582 g/mol. The Hall–Kier alpha value is -3.72. The number of methoxy groups -OCH3 is 4. The molecule has 2 amide bonds. The molecule has 0 spiro atoms. The lowest BCUT2D eigenvalue weighted by atomic mass is 9.83. The fourth-order valence-electron chi connectivity index (χ4n) is 4.85. The Bertz CT molecular complexity index is 1300. The second kappa shape index (κ2) is 11.8. The third kappa shape index (κ3) is 5.43. The van der Waals surface area contributed by atoms with Gasteiger partial charge in [-0.2, -0.15) is 0 Å². The molecule has 0 aromatic heterocycles. The minimum Gasteiger partial charge on any atom is -0.497 e. The SMILES string of the molecule is COc1ccc([C@@H]2[C@H](C(=O)Nc3ccc(Br)cc3C)CCC(=O)N2c2cc(OC)c(OC)c(OC)c2)cc1. The first-order valence-corrected chi connectivity index (χ1v) is 12.9. The van der Waals surface area contributed by atoms with Gasteiger partial charge in [-0.25, -0.2) is 0 Å². The van der Waals surface area contributed by atoms with Crippen LogP contribution in [0.1, 0.15) is 30.0 Å². The highest BCUT2D eigenvalue weighted by Gasteiger charge is 2.42. The minimum atomic E-state index is -0.583. The Morgan fingerprint density at radius 2 is 1.58 bits per heavy atom. The van der Waals surface area contributed by atoms with Gasteiger partial charge in [-0.3, -0.25) is 9.59 Å². The third-order valence-electron chi connectivity index (χ3n) is 6.77. The lowest BCUT2D eigenvalue weighted by Crippen LogP contribution is -2.47. The van der Waals surface area contributed by atoms with Crippen LogP contribution in [0.3, 0.4) is 0 Å². The lowest BCUT2D eigenvalue weighted by molar-refractivity contribution is -0.125. The predicted octanol–water partition coefficient (Wildman–Crippen LogP) is 5.91. The number of piperidine rings is 1. The van der Waals surface area contributed by atoms with Gasteiger partial charge in [0.05, 0.1) is 46.1 Å². The van der Waals surface area contributed by atoms with E-state index in [0.29, 0.717) is 35.1 Å². The highest BCUT2D eigenvalue weighted by molar-refractivity contribution is 9.10. The van der Waals surface area contributed by atoms with E-state index in [2.05, 4.69) is 21.2 Å². The molecule has 1 aliphatic heterocycles. The smallest absolute Gasteiger partial charge is 0.229 e.